The molecule has 20 heavy (non-hydrogen) atoms. The van der Waals surface area contributed by atoms with Crippen molar-refractivity contribution in [1.29, 1.82) is 0 Å². The maximum Gasteiger partial charge on any atom is 0.306 e. The smallest absolute Gasteiger partial charge is 0.306 e. The van der Waals surface area contributed by atoms with Crippen molar-refractivity contribution < 1.29 is 27.1 Å². The molecule has 0 saturated heterocycles. The summed E-state index contributed by atoms with van der Waals surface area (Å²) >= 11 is 0. The van der Waals surface area contributed by atoms with Crippen LogP contribution in [-0.4, -0.2) is 38.8 Å². The van der Waals surface area contributed by atoms with Crippen molar-refractivity contribution in [3.8, 4) is 0 Å². The van der Waals surface area contributed by atoms with Crippen LogP contribution < -0.4 is 0 Å². The van der Waals surface area contributed by atoms with Crippen molar-refractivity contribution in [3.63, 3.8) is 0 Å². The van der Waals surface area contributed by atoms with Crippen LogP contribution in [0.15, 0.2) is 24.3 Å². The molecule has 0 heterocycles. The van der Waals surface area contributed by atoms with Gasteiger partial charge in [0.05, 0.1) is 19.3 Å². The lowest BCUT2D eigenvalue weighted by Gasteiger charge is -2.04. The summed E-state index contributed by atoms with van der Waals surface area (Å²) in [7, 11) is -2.48. The Bertz CT molecular complexity index is 577. The summed E-state index contributed by atoms with van der Waals surface area (Å²) in [5.41, 5.74) is 0.541. The van der Waals surface area contributed by atoms with Crippen LogP contribution >= 0.6 is 0 Å². The number of carbonyl (C=O) groups excluding carboxylic acids is 2. The second-order valence-electron chi connectivity index (χ2n) is 4.26. The molecule has 0 aliphatic carbocycles. The number of Topliss-reactive ketones (excluding diaryl/α,β-unsaturated/α-hetero) is 1. The molecule has 5 nitrogen and oxygen atoms in total. The second kappa shape index (κ2) is 7.14. The Morgan fingerprint density at radius 2 is 1.80 bits per heavy atom. The van der Waals surface area contributed by atoms with Gasteiger partial charge in [-0.1, -0.05) is 12.1 Å². The molecule has 110 valence electrons. The Labute approximate surface area is 116 Å². The zero-order valence-electron chi connectivity index (χ0n) is 11.0. The van der Waals surface area contributed by atoms with Gasteiger partial charge in [-0.05, 0) is 17.7 Å². The highest BCUT2D eigenvalue weighted by molar-refractivity contribution is 7.92. The van der Waals surface area contributed by atoms with Gasteiger partial charge in [0.2, 0.25) is 0 Å². The fourth-order valence-corrected chi connectivity index (χ4v) is 2.75. The number of carbonyl (C=O) groups is 2. The van der Waals surface area contributed by atoms with Crippen LogP contribution in [0.25, 0.3) is 0 Å². The van der Waals surface area contributed by atoms with Crippen LogP contribution in [0, 0.1) is 5.82 Å². The fraction of sp³-hybridized carbons (Fsp3) is 0.385. The summed E-state index contributed by atoms with van der Waals surface area (Å²) in [4.78, 5) is 22.5. The largest absolute Gasteiger partial charge is 0.469 e. The van der Waals surface area contributed by atoms with Crippen LogP contribution in [0.2, 0.25) is 0 Å². The number of benzene rings is 1. The zero-order chi connectivity index (χ0) is 15.2. The van der Waals surface area contributed by atoms with Crippen molar-refractivity contribution in [3.05, 3.63) is 35.6 Å². The molecule has 0 atom stereocenters. The lowest BCUT2D eigenvalue weighted by Crippen LogP contribution is -2.22. The molecule has 0 radical (unpaired) electrons. The minimum absolute atomic E-state index is 0.0856. The van der Waals surface area contributed by atoms with E-state index in [2.05, 4.69) is 4.74 Å². The maximum atomic E-state index is 12.7. The van der Waals surface area contributed by atoms with E-state index in [1.54, 1.807) is 0 Å². The SMILES string of the molecule is COC(=O)CCS(=O)(=O)CC(=O)Cc1ccc(F)cc1. The van der Waals surface area contributed by atoms with Crippen LogP contribution in [0.3, 0.4) is 0 Å². The van der Waals surface area contributed by atoms with E-state index < -0.39 is 38.9 Å². The highest BCUT2D eigenvalue weighted by Gasteiger charge is 2.18. The Balaban J connectivity index is 2.52. The van der Waals surface area contributed by atoms with Crippen LogP contribution in [-0.2, 0) is 30.6 Å². The monoisotopic (exact) mass is 302 g/mol. The molecule has 0 saturated carbocycles. The van der Waals surface area contributed by atoms with E-state index in [0.29, 0.717) is 5.56 Å². The van der Waals surface area contributed by atoms with Gasteiger partial charge >= 0.3 is 5.97 Å². The summed E-state index contributed by atoms with van der Waals surface area (Å²) in [5.74, 6) is -2.62. The lowest BCUT2D eigenvalue weighted by molar-refractivity contribution is -0.140. The first-order valence-electron chi connectivity index (χ1n) is 5.86. The highest BCUT2D eigenvalue weighted by Crippen LogP contribution is 2.05. The van der Waals surface area contributed by atoms with Gasteiger partial charge in [-0.2, -0.15) is 0 Å². The average molecular weight is 302 g/mol. The normalized spacial score (nSPS) is 11.1. The topological polar surface area (TPSA) is 77.5 Å². The van der Waals surface area contributed by atoms with Gasteiger partial charge in [0.15, 0.2) is 15.6 Å². The van der Waals surface area contributed by atoms with Crippen molar-refractivity contribution in [2.45, 2.75) is 12.8 Å². The molecule has 0 fully saturated rings. The van der Waals surface area contributed by atoms with E-state index in [-0.39, 0.29) is 12.8 Å². The van der Waals surface area contributed by atoms with Crippen molar-refractivity contribution in [1.82, 2.24) is 0 Å². The first-order chi connectivity index (χ1) is 9.32. The molecule has 1 aromatic rings. The lowest BCUT2D eigenvalue weighted by atomic mass is 10.1. The van der Waals surface area contributed by atoms with Gasteiger partial charge in [-0.3, -0.25) is 9.59 Å². The van der Waals surface area contributed by atoms with E-state index in [0.717, 1.165) is 7.11 Å². The summed E-state index contributed by atoms with van der Waals surface area (Å²) in [6.45, 7) is 0. The molecule has 0 unspecified atom stereocenters. The van der Waals surface area contributed by atoms with E-state index in [4.69, 9.17) is 0 Å². The number of ketones is 1. The Hall–Kier alpha value is -1.76. The predicted molar refractivity (Wildman–Crippen MR) is 70.4 cm³/mol. The number of esters is 1. The molecule has 0 aromatic heterocycles. The number of methoxy groups -OCH3 is 1. The Kier molecular flexibility index (Phi) is 5.82. The Morgan fingerprint density at radius 1 is 1.20 bits per heavy atom. The maximum absolute atomic E-state index is 12.7. The van der Waals surface area contributed by atoms with E-state index >= 15 is 0 Å². The molecule has 7 heteroatoms. The zero-order valence-corrected chi connectivity index (χ0v) is 11.8. The molecular formula is C13H15FO5S. The summed E-state index contributed by atoms with van der Waals surface area (Å²) in [5, 5.41) is 0. The fourth-order valence-electron chi connectivity index (χ4n) is 1.54. The molecule has 0 aliphatic heterocycles. The van der Waals surface area contributed by atoms with Gasteiger partial charge in [-0.25, -0.2) is 12.8 Å². The number of hydrogen-bond acceptors (Lipinski definition) is 5. The van der Waals surface area contributed by atoms with E-state index in [1.165, 1.54) is 24.3 Å². The minimum Gasteiger partial charge on any atom is -0.469 e. The Morgan fingerprint density at radius 3 is 2.35 bits per heavy atom. The van der Waals surface area contributed by atoms with Crippen molar-refractivity contribution >= 4 is 21.6 Å². The average Bonchev–Trinajstić information content (AvgIpc) is 2.38. The first kappa shape index (κ1) is 16.3. The number of halogens is 1. The number of ether oxygens (including phenoxy) is 1. The summed E-state index contributed by atoms with van der Waals surface area (Å²) in [6, 6.07) is 5.26. The summed E-state index contributed by atoms with van der Waals surface area (Å²) in [6.07, 6.45) is -0.361. The van der Waals surface area contributed by atoms with Crippen LogP contribution in [0.4, 0.5) is 4.39 Å². The molecule has 0 spiro atoms. The highest BCUT2D eigenvalue weighted by atomic mass is 32.2. The molecule has 0 N–H and O–H groups in total. The van der Waals surface area contributed by atoms with Crippen LogP contribution in [0.1, 0.15) is 12.0 Å². The number of rotatable bonds is 7. The molecule has 0 aliphatic rings. The minimum atomic E-state index is -3.64. The third-order valence-electron chi connectivity index (χ3n) is 2.54. The number of sulfone groups is 1. The van der Waals surface area contributed by atoms with Gasteiger partial charge in [-0.15, -0.1) is 0 Å². The second-order valence-corrected chi connectivity index (χ2v) is 6.44. The molecule has 0 bridgehead atoms. The van der Waals surface area contributed by atoms with Crippen LogP contribution in [0.5, 0.6) is 0 Å². The standard InChI is InChI=1S/C13H15FO5S/c1-19-13(16)6-7-20(17,18)9-12(15)8-10-2-4-11(14)5-3-10/h2-5H,6-9H2,1H3. The molecule has 1 aromatic carbocycles. The van der Waals surface area contributed by atoms with Crippen molar-refractivity contribution in [2.75, 3.05) is 18.6 Å². The first-order valence-corrected chi connectivity index (χ1v) is 7.68. The molecule has 1 rings (SSSR count). The van der Waals surface area contributed by atoms with Gasteiger partial charge in [0.25, 0.3) is 0 Å². The van der Waals surface area contributed by atoms with Gasteiger partial charge in [0, 0.05) is 6.42 Å². The molecular weight excluding hydrogens is 287 g/mol. The third-order valence-corrected chi connectivity index (χ3v) is 4.13. The third kappa shape index (κ3) is 5.92. The van der Waals surface area contributed by atoms with Crippen molar-refractivity contribution in [2.24, 2.45) is 0 Å². The van der Waals surface area contributed by atoms with Gasteiger partial charge < -0.3 is 4.74 Å². The summed E-state index contributed by atoms with van der Waals surface area (Å²) < 4.78 is 40.2. The van der Waals surface area contributed by atoms with E-state index in [9.17, 15) is 22.4 Å². The quantitative estimate of drug-likeness (QED) is 0.700. The predicted octanol–water partition coefficient (Wildman–Crippen LogP) is 0.915. The number of hydrogen-bond donors (Lipinski definition) is 0. The molecule has 0 amide bonds. The van der Waals surface area contributed by atoms with E-state index in [1.807, 2.05) is 0 Å². The van der Waals surface area contributed by atoms with Gasteiger partial charge in [0.1, 0.15) is 11.6 Å².